The highest BCUT2D eigenvalue weighted by Gasteiger charge is 2.51. The molecule has 0 radical (unpaired) electrons. The standard InChI is InChI=1S/C17H17N3OS/c1-2-11-8-9-14-13(10-11)17(16(21)18-14)20-19-15(22-17)12-6-4-3-5-7-12/h3-10,16,18,20-21H,2H2,1H3. The number of anilines is 1. The smallest absolute Gasteiger partial charge is 0.177 e. The molecule has 1 spiro atoms. The number of aliphatic hydroxyl groups is 1. The number of hydrazone groups is 1. The van der Waals surface area contributed by atoms with Crippen LogP contribution in [-0.2, 0) is 11.3 Å². The maximum Gasteiger partial charge on any atom is 0.177 e. The largest absolute Gasteiger partial charge is 0.370 e. The number of nitrogens with zero attached hydrogens (tertiary/aromatic N) is 1. The molecule has 0 saturated heterocycles. The van der Waals surface area contributed by atoms with Crippen molar-refractivity contribution in [2.75, 3.05) is 5.32 Å². The molecule has 22 heavy (non-hydrogen) atoms. The fourth-order valence-electron chi connectivity index (χ4n) is 2.91. The molecule has 0 fully saturated rings. The molecule has 0 amide bonds. The summed E-state index contributed by atoms with van der Waals surface area (Å²) in [6.45, 7) is 2.13. The first-order valence-electron chi connectivity index (χ1n) is 7.40. The molecule has 4 nitrogen and oxygen atoms in total. The number of fused-ring (bicyclic) bond motifs is 2. The Morgan fingerprint density at radius 3 is 2.82 bits per heavy atom. The molecule has 0 aliphatic carbocycles. The SMILES string of the molecule is CCc1ccc2c(c1)C1(NN=C(c3ccccc3)S1)C(O)N2. The average Bonchev–Trinajstić information content (AvgIpc) is 3.12. The van der Waals surface area contributed by atoms with Gasteiger partial charge in [-0.05, 0) is 18.1 Å². The number of benzene rings is 2. The Kier molecular flexibility index (Phi) is 3.13. The molecule has 4 rings (SSSR count). The van der Waals surface area contributed by atoms with Crippen LogP contribution in [0.3, 0.4) is 0 Å². The van der Waals surface area contributed by atoms with E-state index in [0.717, 1.165) is 28.3 Å². The fraction of sp³-hybridized carbons (Fsp3) is 0.235. The van der Waals surface area contributed by atoms with Crippen molar-refractivity contribution in [2.45, 2.75) is 24.4 Å². The van der Waals surface area contributed by atoms with Gasteiger partial charge in [0.25, 0.3) is 0 Å². The summed E-state index contributed by atoms with van der Waals surface area (Å²) in [5, 5.41) is 19.1. The Balaban J connectivity index is 1.73. The van der Waals surface area contributed by atoms with Gasteiger partial charge >= 0.3 is 0 Å². The first-order chi connectivity index (χ1) is 10.7. The summed E-state index contributed by atoms with van der Waals surface area (Å²) in [6.07, 6.45) is 0.251. The van der Waals surface area contributed by atoms with E-state index in [2.05, 4.69) is 34.9 Å². The van der Waals surface area contributed by atoms with Crippen LogP contribution < -0.4 is 10.7 Å². The second-order valence-corrected chi connectivity index (χ2v) is 6.75. The van der Waals surface area contributed by atoms with Gasteiger partial charge in [0, 0.05) is 16.8 Å². The number of aryl methyl sites for hydroxylation is 1. The van der Waals surface area contributed by atoms with Crippen LogP contribution >= 0.6 is 11.8 Å². The Bertz CT molecular complexity index is 747. The van der Waals surface area contributed by atoms with Crippen molar-refractivity contribution in [2.24, 2.45) is 5.10 Å². The Morgan fingerprint density at radius 1 is 1.23 bits per heavy atom. The summed E-state index contributed by atoms with van der Waals surface area (Å²) in [6, 6.07) is 16.3. The lowest BCUT2D eigenvalue weighted by atomic mass is 10.0. The molecule has 2 aromatic carbocycles. The van der Waals surface area contributed by atoms with Crippen molar-refractivity contribution >= 4 is 22.5 Å². The maximum absolute atomic E-state index is 10.6. The van der Waals surface area contributed by atoms with Crippen LogP contribution in [0.1, 0.15) is 23.6 Å². The van der Waals surface area contributed by atoms with E-state index in [9.17, 15) is 5.11 Å². The zero-order chi connectivity index (χ0) is 15.2. The number of hydrogen-bond donors (Lipinski definition) is 3. The van der Waals surface area contributed by atoms with Crippen LogP contribution in [-0.4, -0.2) is 16.4 Å². The Hall–Kier alpha value is -1.98. The van der Waals surface area contributed by atoms with Crippen molar-refractivity contribution in [3.8, 4) is 0 Å². The highest BCUT2D eigenvalue weighted by atomic mass is 32.2. The number of hydrogen-bond acceptors (Lipinski definition) is 5. The third-order valence-electron chi connectivity index (χ3n) is 4.17. The van der Waals surface area contributed by atoms with Crippen molar-refractivity contribution in [3.05, 3.63) is 65.2 Å². The summed E-state index contributed by atoms with van der Waals surface area (Å²) in [7, 11) is 0. The highest BCUT2D eigenvalue weighted by molar-refractivity contribution is 8.15. The molecular weight excluding hydrogens is 294 g/mol. The van der Waals surface area contributed by atoms with Gasteiger partial charge < -0.3 is 10.4 Å². The van der Waals surface area contributed by atoms with Gasteiger partial charge in [0.05, 0.1) is 0 Å². The second-order valence-electron chi connectivity index (χ2n) is 5.51. The van der Waals surface area contributed by atoms with Crippen LogP contribution in [0, 0.1) is 0 Å². The summed E-state index contributed by atoms with van der Waals surface area (Å²) in [5.74, 6) is 0. The molecule has 3 N–H and O–H groups in total. The van der Waals surface area contributed by atoms with E-state index in [1.165, 1.54) is 5.56 Å². The molecule has 112 valence electrons. The first-order valence-corrected chi connectivity index (χ1v) is 8.22. The second kappa shape index (κ2) is 5.04. The summed E-state index contributed by atoms with van der Waals surface area (Å²) >= 11 is 1.57. The minimum absolute atomic E-state index is 0.647. The van der Waals surface area contributed by atoms with E-state index >= 15 is 0 Å². The van der Waals surface area contributed by atoms with Gasteiger partial charge in [-0.3, -0.25) is 5.43 Å². The van der Waals surface area contributed by atoms with E-state index in [-0.39, 0.29) is 0 Å². The quantitative estimate of drug-likeness (QED) is 0.798. The Labute approximate surface area is 133 Å². The predicted molar refractivity (Wildman–Crippen MR) is 90.8 cm³/mol. The summed E-state index contributed by atoms with van der Waals surface area (Å²) in [4.78, 5) is -0.647. The van der Waals surface area contributed by atoms with Crippen molar-refractivity contribution in [1.82, 2.24) is 5.43 Å². The van der Waals surface area contributed by atoms with Gasteiger partial charge in [0.1, 0.15) is 5.04 Å². The molecule has 2 aromatic rings. The van der Waals surface area contributed by atoms with Gasteiger partial charge in [-0.2, -0.15) is 5.10 Å². The van der Waals surface area contributed by atoms with Crippen molar-refractivity contribution < 1.29 is 5.11 Å². The lowest BCUT2D eigenvalue weighted by Crippen LogP contribution is -2.43. The molecular formula is C17H17N3OS. The fourth-order valence-corrected chi connectivity index (χ4v) is 4.10. The minimum atomic E-state index is -0.718. The van der Waals surface area contributed by atoms with E-state index in [0.29, 0.717) is 0 Å². The van der Waals surface area contributed by atoms with E-state index in [1.807, 2.05) is 36.4 Å². The number of nitrogens with one attached hydrogen (secondary N) is 2. The maximum atomic E-state index is 10.6. The molecule has 2 aliphatic heterocycles. The van der Waals surface area contributed by atoms with Crippen molar-refractivity contribution in [3.63, 3.8) is 0 Å². The number of rotatable bonds is 2. The van der Waals surface area contributed by atoms with Gasteiger partial charge in [0.2, 0.25) is 0 Å². The average molecular weight is 311 g/mol. The summed E-state index contributed by atoms with van der Waals surface area (Å²) in [5.41, 5.74) is 7.53. The number of aliphatic hydroxyl groups excluding tert-OH is 1. The lowest BCUT2D eigenvalue weighted by Gasteiger charge is -2.26. The van der Waals surface area contributed by atoms with E-state index < -0.39 is 11.1 Å². The van der Waals surface area contributed by atoms with Gasteiger partial charge in [-0.25, -0.2) is 0 Å². The first kappa shape index (κ1) is 13.7. The molecule has 2 atom stereocenters. The van der Waals surface area contributed by atoms with Crippen LogP contribution in [0.2, 0.25) is 0 Å². The third-order valence-corrected chi connectivity index (χ3v) is 5.55. The van der Waals surface area contributed by atoms with Crippen LogP contribution in [0.4, 0.5) is 5.69 Å². The van der Waals surface area contributed by atoms with E-state index in [4.69, 9.17) is 0 Å². The van der Waals surface area contributed by atoms with Gasteiger partial charge in [-0.15, -0.1) is 0 Å². The zero-order valence-electron chi connectivity index (χ0n) is 12.2. The highest BCUT2D eigenvalue weighted by Crippen LogP contribution is 2.50. The normalized spacial score (nSPS) is 25.5. The summed E-state index contributed by atoms with van der Waals surface area (Å²) < 4.78 is 0. The zero-order valence-corrected chi connectivity index (χ0v) is 13.0. The number of thioether (sulfide) groups is 1. The molecule has 2 heterocycles. The molecule has 5 heteroatoms. The Morgan fingerprint density at radius 2 is 2.05 bits per heavy atom. The monoisotopic (exact) mass is 311 g/mol. The lowest BCUT2D eigenvalue weighted by molar-refractivity contribution is 0.149. The van der Waals surface area contributed by atoms with Gasteiger partial charge in [-0.1, -0.05) is 61.2 Å². The molecule has 0 bridgehead atoms. The predicted octanol–water partition coefficient (Wildman–Crippen LogP) is 2.84. The van der Waals surface area contributed by atoms with Crippen LogP contribution in [0.15, 0.2) is 53.6 Å². The molecule has 2 unspecified atom stereocenters. The van der Waals surface area contributed by atoms with E-state index in [1.54, 1.807) is 11.8 Å². The molecule has 2 aliphatic rings. The van der Waals surface area contributed by atoms with Crippen molar-refractivity contribution in [1.29, 1.82) is 0 Å². The topological polar surface area (TPSA) is 56.7 Å². The molecule has 0 aromatic heterocycles. The minimum Gasteiger partial charge on any atom is -0.370 e. The van der Waals surface area contributed by atoms with Gasteiger partial charge in [0.15, 0.2) is 11.1 Å². The van der Waals surface area contributed by atoms with Crippen LogP contribution in [0.5, 0.6) is 0 Å². The van der Waals surface area contributed by atoms with Crippen LogP contribution in [0.25, 0.3) is 0 Å². The molecule has 0 saturated carbocycles. The third kappa shape index (κ3) is 1.93.